The largest absolute Gasteiger partial charge is 0.317 e. The SMILES string of the molecule is O=S1CCC(NC2CCNCC2)CC1. The predicted molar refractivity (Wildman–Crippen MR) is 59.9 cm³/mol. The molecular formula is C10H20N2OS. The van der Waals surface area contributed by atoms with Crippen LogP contribution in [0.5, 0.6) is 0 Å². The molecule has 0 radical (unpaired) electrons. The molecule has 0 bridgehead atoms. The van der Waals surface area contributed by atoms with Crippen LogP contribution in [0.25, 0.3) is 0 Å². The Bertz CT molecular complexity index is 194. The summed E-state index contributed by atoms with van der Waals surface area (Å²) >= 11 is 0. The van der Waals surface area contributed by atoms with Crippen molar-refractivity contribution in [2.45, 2.75) is 37.8 Å². The minimum Gasteiger partial charge on any atom is -0.317 e. The summed E-state index contributed by atoms with van der Waals surface area (Å²) in [6.45, 7) is 2.30. The van der Waals surface area contributed by atoms with Crippen molar-refractivity contribution in [2.75, 3.05) is 24.6 Å². The van der Waals surface area contributed by atoms with E-state index < -0.39 is 10.8 Å². The fourth-order valence-corrected chi connectivity index (χ4v) is 3.58. The maximum absolute atomic E-state index is 11.2. The molecular weight excluding hydrogens is 196 g/mol. The highest BCUT2D eigenvalue weighted by Crippen LogP contribution is 2.12. The molecule has 0 aromatic rings. The smallest absolute Gasteiger partial charge is 0.0249 e. The van der Waals surface area contributed by atoms with Crippen LogP contribution in [0.2, 0.25) is 0 Å². The van der Waals surface area contributed by atoms with Crippen molar-refractivity contribution in [2.24, 2.45) is 0 Å². The van der Waals surface area contributed by atoms with Crippen LogP contribution in [0.15, 0.2) is 0 Å². The maximum Gasteiger partial charge on any atom is 0.0249 e. The Morgan fingerprint density at radius 2 is 1.57 bits per heavy atom. The molecule has 2 rings (SSSR count). The van der Waals surface area contributed by atoms with E-state index in [0.29, 0.717) is 12.1 Å². The first kappa shape index (κ1) is 10.6. The fourth-order valence-electron chi connectivity index (χ4n) is 2.28. The predicted octanol–water partition coefficient (Wildman–Crippen LogP) is 0.239. The molecule has 14 heavy (non-hydrogen) atoms. The molecule has 2 aliphatic rings. The molecule has 0 aliphatic carbocycles. The summed E-state index contributed by atoms with van der Waals surface area (Å²) in [7, 11) is -0.520. The van der Waals surface area contributed by atoms with Gasteiger partial charge in [0.2, 0.25) is 0 Å². The van der Waals surface area contributed by atoms with Crippen LogP contribution in [0, 0.1) is 0 Å². The zero-order valence-electron chi connectivity index (χ0n) is 8.63. The first-order valence-corrected chi connectivity index (χ1v) is 7.15. The third-order valence-electron chi connectivity index (χ3n) is 3.20. The highest BCUT2D eigenvalue weighted by molar-refractivity contribution is 7.85. The molecule has 0 amide bonds. The normalized spacial score (nSPS) is 35.7. The average Bonchev–Trinajstić information content (AvgIpc) is 2.23. The van der Waals surface area contributed by atoms with Crippen molar-refractivity contribution in [3.8, 4) is 0 Å². The van der Waals surface area contributed by atoms with Gasteiger partial charge in [0.05, 0.1) is 0 Å². The van der Waals surface area contributed by atoms with Crippen molar-refractivity contribution in [3.05, 3.63) is 0 Å². The Morgan fingerprint density at radius 3 is 2.21 bits per heavy atom. The van der Waals surface area contributed by atoms with E-state index in [1.807, 2.05) is 0 Å². The van der Waals surface area contributed by atoms with Gasteiger partial charge in [-0.3, -0.25) is 4.21 Å². The number of hydrogen-bond acceptors (Lipinski definition) is 3. The lowest BCUT2D eigenvalue weighted by Crippen LogP contribution is -2.46. The number of nitrogens with one attached hydrogen (secondary N) is 2. The van der Waals surface area contributed by atoms with Gasteiger partial charge in [-0.15, -0.1) is 0 Å². The van der Waals surface area contributed by atoms with Crippen LogP contribution >= 0.6 is 0 Å². The Kier molecular flexibility index (Phi) is 3.96. The summed E-state index contributed by atoms with van der Waals surface area (Å²) in [5, 5.41) is 7.07. The molecule has 2 N–H and O–H groups in total. The number of hydrogen-bond donors (Lipinski definition) is 2. The molecule has 0 saturated carbocycles. The molecule has 82 valence electrons. The van der Waals surface area contributed by atoms with E-state index in [2.05, 4.69) is 10.6 Å². The van der Waals surface area contributed by atoms with Crippen molar-refractivity contribution in [3.63, 3.8) is 0 Å². The Morgan fingerprint density at radius 1 is 1.00 bits per heavy atom. The first-order chi connectivity index (χ1) is 6.84. The highest BCUT2D eigenvalue weighted by Gasteiger charge is 2.21. The van der Waals surface area contributed by atoms with Gasteiger partial charge in [0.1, 0.15) is 0 Å². The zero-order valence-corrected chi connectivity index (χ0v) is 9.44. The second-order valence-electron chi connectivity index (χ2n) is 4.31. The maximum atomic E-state index is 11.2. The lowest BCUT2D eigenvalue weighted by molar-refractivity contribution is 0.335. The lowest BCUT2D eigenvalue weighted by atomic mass is 10.0. The molecule has 0 atom stereocenters. The van der Waals surface area contributed by atoms with Gasteiger partial charge < -0.3 is 10.6 Å². The van der Waals surface area contributed by atoms with Crippen molar-refractivity contribution >= 4 is 10.8 Å². The minimum absolute atomic E-state index is 0.520. The number of piperidine rings is 1. The minimum atomic E-state index is -0.520. The second kappa shape index (κ2) is 5.24. The quantitative estimate of drug-likeness (QED) is 0.695. The number of rotatable bonds is 2. The first-order valence-electron chi connectivity index (χ1n) is 5.66. The van der Waals surface area contributed by atoms with E-state index in [0.717, 1.165) is 37.4 Å². The molecule has 2 aliphatic heterocycles. The molecule has 2 saturated heterocycles. The highest BCUT2D eigenvalue weighted by atomic mass is 32.2. The van der Waals surface area contributed by atoms with Crippen molar-refractivity contribution < 1.29 is 4.21 Å². The summed E-state index contributed by atoms with van der Waals surface area (Å²) in [5.41, 5.74) is 0. The van der Waals surface area contributed by atoms with Crippen LogP contribution in [0.1, 0.15) is 25.7 Å². The van der Waals surface area contributed by atoms with Crippen molar-refractivity contribution in [1.82, 2.24) is 10.6 Å². The molecule has 4 heteroatoms. The van der Waals surface area contributed by atoms with Gasteiger partial charge in [0.15, 0.2) is 0 Å². The van der Waals surface area contributed by atoms with E-state index in [1.54, 1.807) is 0 Å². The van der Waals surface area contributed by atoms with E-state index in [4.69, 9.17) is 0 Å². The van der Waals surface area contributed by atoms with E-state index in [-0.39, 0.29) is 0 Å². The molecule has 0 spiro atoms. The van der Waals surface area contributed by atoms with Gasteiger partial charge in [-0.05, 0) is 38.8 Å². The molecule has 2 fully saturated rings. The Hall–Kier alpha value is 0.0700. The van der Waals surface area contributed by atoms with Gasteiger partial charge in [-0.1, -0.05) is 0 Å². The third kappa shape index (κ3) is 3.04. The van der Waals surface area contributed by atoms with Crippen LogP contribution in [-0.2, 0) is 10.8 Å². The lowest BCUT2D eigenvalue weighted by Gasteiger charge is -2.30. The third-order valence-corrected chi connectivity index (χ3v) is 4.58. The van der Waals surface area contributed by atoms with Gasteiger partial charge in [-0.25, -0.2) is 0 Å². The van der Waals surface area contributed by atoms with Crippen LogP contribution in [0.3, 0.4) is 0 Å². The topological polar surface area (TPSA) is 41.1 Å². The summed E-state index contributed by atoms with van der Waals surface area (Å²) in [4.78, 5) is 0. The summed E-state index contributed by atoms with van der Waals surface area (Å²) < 4.78 is 11.2. The van der Waals surface area contributed by atoms with Gasteiger partial charge in [0.25, 0.3) is 0 Å². The molecule has 0 aromatic heterocycles. The van der Waals surface area contributed by atoms with Crippen LogP contribution in [-0.4, -0.2) is 40.9 Å². The Balaban J connectivity index is 1.71. The van der Waals surface area contributed by atoms with E-state index in [9.17, 15) is 4.21 Å². The van der Waals surface area contributed by atoms with E-state index in [1.165, 1.54) is 12.8 Å². The Labute approximate surface area is 88.5 Å². The second-order valence-corrected chi connectivity index (χ2v) is 6.01. The summed E-state index contributed by atoms with van der Waals surface area (Å²) in [6, 6.07) is 1.34. The molecule has 3 nitrogen and oxygen atoms in total. The van der Waals surface area contributed by atoms with Gasteiger partial charge in [0, 0.05) is 34.4 Å². The molecule has 0 unspecified atom stereocenters. The zero-order chi connectivity index (χ0) is 9.80. The summed E-state index contributed by atoms with van der Waals surface area (Å²) in [6.07, 6.45) is 4.71. The van der Waals surface area contributed by atoms with Gasteiger partial charge >= 0.3 is 0 Å². The standard InChI is InChI=1S/C10H20N2OS/c13-14-7-3-10(4-8-14)12-9-1-5-11-6-2-9/h9-12H,1-8H2. The monoisotopic (exact) mass is 216 g/mol. The van der Waals surface area contributed by atoms with Crippen LogP contribution in [0.4, 0.5) is 0 Å². The average molecular weight is 216 g/mol. The van der Waals surface area contributed by atoms with Crippen molar-refractivity contribution in [1.29, 1.82) is 0 Å². The van der Waals surface area contributed by atoms with E-state index >= 15 is 0 Å². The molecule has 0 aromatic carbocycles. The fraction of sp³-hybridized carbons (Fsp3) is 1.00. The van der Waals surface area contributed by atoms with Crippen LogP contribution < -0.4 is 10.6 Å². The summed E-state index contributed by atoms with van der Waals surface area (Å²) in [5.74, 6) is 1.81. The molecule has 2 heterocycles. The van der Waals surface area contributed by atoms with Gasteiger partial charge in [-0.2, -0.15) is 0 Å².